The Labute approximate surface area is 64.1 Å². The zero-order chi connectivity index (χ0) is 7.72. The third-order valence-electron chi connectivity index (χ3n) is 1.41. The number of nitrogens with one attached hydrogen (secondary N) is 1. The Morgan fingerprint density at radius 2 is 2.30 bits per heavy atom. The Balaban J connectivity index is 2.71. The molecular weight excluding hydrogens is 152 g/mol. The fourth-order valence-electron chi connectivity index (χ4n) is 0.796. The van der Waals surface area contributed by atoms with Crippen molar-refractivity contribution in [2.75, 3.05) is 0 Å². The zero-order valence-corrected chi connectivity index (χ0v) is 6.39. The highest BCUT2D eigenvalue weighted by Gasteiger charge is 2.34. The topological polar surface area (TPSA) is 49.4 Å². The predicted octanol–water partition coefficient (Wildman–Crippen LogP) is 0.162. The normalized spacial score (nSPS) is 25.4. The van der Waals surface area contributed by atoms with Gasteiger partial charge in [0.1, 0.15) is 6.04 Å². The second-order valence-corrected chi connectivity index (χ2v) is 2.46. The molecule has 1 aliphatic heterocycles. The Bertz CT molecular complexity index is 182. The third-order valence-corrected chi connectivity index (χ3v) is 1.78. The van der Waals surface area contributed by atoms with E-state index in [1.807, 2.05) is 6.92 Å². The number of hydrogen-bond donors (Lipinski definition) is 2. The number of carbonyl (C=O) groups is 2. The van der Waals surface area contributed by atoms with Gasteiger partial charge < -0.3 is 5.32 Å². The van der Waals surface area contributed by atoms with Gasteiger partial charge in [0.25, 0.3) is 5.91 Å². The van der Waals surface area contributed by atoms with Gasteiger partial charge in [0, 0.05) is 0 Å². The van der Waals surface area contributed by atoms with Crippen LogP contribution in [-0.2, 0) is 4.79 Å². The standard InChI is InChI=1S/C5H8N2O2S/c1-2-3-4(8)7(10)5(9)6-3/h3,10H,2H2,1H3,(H,6,9)/t3-/m1/s1. The van der Waals surface area contributed by atoms with E-state index in [0.29, 0.717) is 6.42 Å². The van der Waals surface area contributed by atoms with Crippen LogP contribution in [0.1, 0.15) is 13.3 Å². The van der Waals surface area contributed by atoms with Crippen LogP contribution in [-0.4, -0.2) is 22.3 Å². The largest absolute Gasteiger partial charge is 0.334 e. The summed E-state index contributed by atoms with van der Waals surface area (Å²) in [7, 11) is 0. The van der Waals surface area contributed by atoms with Crippen LogP contribution in [0.4, 0.5) is 4.79 Å². The smallest absolute Gasteiger partial charge is 0.325 e. The molecule has 1 rings (SSSR count). The van der Waals surface area contributed by atoms with E-state index in [-0.39, 0.29) is 11.9 Å². The van der Waals surface area contributed by atoms with Crippen molar-refractivity contribution in [3.63, 3.8) is 0 Å². The van der Waals surface area contributed by atoms with Crippen LogP contribution in [0.25, 0.3) is 0 Å². The van der Waals surface area contributed by atoms with Crippen molar-refractivity contribution >= 4 is 24.8 Å². The number of thiol groups is 1. The van der Waals surface area contributed by atoms with E-state index in [1.54, 1.807) is 0 Å². The van der Waals surface area contributed by atoms with Gasteiger partial charge in [-0.1, -0.05) is 19.7 Å². The fraction of sp³-hybridized carbons (Fsp3) is 0.600. The molecule has 0 bridgehead atoms. The summed E-state index contributed by atoms with van der Waals surface area (Å²) in [5.74, 6) is -0.268. The molecule has 4 nitrogen and oxygen atoms in total. The number of nitrogens with zero attached hydrogens (tertiary/aromatic N) is 1. The van der Waals surface area contributed by atoms with Crippen LogP contribution in [0, 0.1) is 0 Å². The summed E-state index contributed by atoms with van der Waals surface area (Å²) in [5, 5.41) is 2.46. The molecule has 5 heteroatoms. The highest BCUT2D eigenvalue weighted by atomic mass is 32.1. The van der Waals surface area contributed by atoms with Gasteiger partial charge in [-0.25, -0.2) is 9.10 Å². The molecule has 1 aliphatic rings. The number of urea groups is 1. The number of amides is 3. The van der Waals surface area contributed by atoms with E-state index >= 15 is 0 Å². The van der Waals surface area contributed by atoms with Crippen molar-refractivity contribution in [1.82, 2.24) is 9.62 Å². The molecule has 10 heavy (non-hydrogen) atoms. The summed E-state index contributed by atoms with van der Waals surface area (Å²) in [6.07, 6.45) is 0.613. The molecule has 1 heterocycles. The first-order valence-electron chi connectivity index (χ1n) is 3.00. The van der Waals surface area contributed by atoms with Crippen molar-refractivity contribution < 1.29 is 9.59 Å². The molecule has 1 atom stereocenters. The molecule has 0 spiro atoms. The second-order valence-electron chi connectivity index (χ2n) is 2.06. The molecule has 0 aromatic heterocycles. The first-order chi connectivity index (χ1) is 4.66. The van der Waals surface area contributed by atoms with Gasteiger partial charge in [0.05, 0.1) is 0 Å². The Morgan fingerprint density at radius 1 is 1.70 bits per heavy atom. The van der Waals surface area contributed by atoms with Gasteiger partial charge in [-0.05, 0) is 6.42 Å². The minimum Gasteiger partial charge on any atom is -0.325 e. The monoisotopic (exact) mass is 160 g/mol. The van der Waals surface area contributed by atoms with E-state index in [0.717, 1.165) is 4.31 Å². The van der Waals surface area contributed by atoms with Crippen LogP contribution >= 0.6 is 12.8 Å². The second kappa shape index (κ2) is 2.49. The average molecular weight is 160 g/mol. The van der Waals surface area contributed by atoms with Crippen LogP contribution in [0.3, 0.4) is 0 Å². The van der Waals surface area contributed by atoms with Crippen LogP contribution in [0.2, 0.25) is 0 Å². The maximum absolute atomic E-state index is 10.9. The SMILES string of the molecule is CC[C@H]1NC(=O)N(S)C1=O. The summed E-state index contributed by atoms with van der Waals surface area (Å²) in [4.78, 5) is 21.6. The van der Waals surface area contributed by atoms with Gasteiger partial charge in [0.2, 0.25) is 0 Å². The first-order valence-corrected chi connectivity index (χ1v) is 3.40. The third kappa shape index (κ3) is 0.965. The van der Waals surface area contributed by atoms with Gasteiger partial charge in [-0.3, -0.25) is 4.79 Å². The van der Waals surface area contributed by atoms with Crippen molar-refractivity contribution in [3.8, 4) is 0 Å². The fourth-order valence-corrected chi connectivity index (χ4v) is 0.993. The Kier molecular flexibility index (Phi) is 1.85. The molecule has 0 aliphatic carbocycles. The maximum Gasteiger partial charge on any atom is 0.334 e. The first kappa shape index (κ1) is 7.40. The van der Waals surface area contributed by atoms with Gasteiger partial charge in [-0.2, -0.15) is 0 Å². The van der Waals surface area contributed by atoms with Crippen LogP contribution in [0.5, 0.6) is 0 Å². The van der Waals surface area contributed by atoms with E-state index in [4.69, 9.17) is 0 Å². The summed E-state index contributed by atoms with van der Waals surface area (Å²) < 4.78 is 0.800. The molecular formula is C5H8N2O2S. The van der Waals surface area contributed by atoms with Crippen molar-refractivity contribution in [2.45, 2.75) is 19.4 Å². The minimum atomic E-state index is -0.430. The number of imide groups is 1. The van der Waals surface area contributed by atoms with Gasteiger partial charge in [-0.15, -0.1) is 0 Å². The van der Waals surface area contributed by atoms with E-state index < -0.39 is 6.03 Å². The molecule has 0 aromatic carbocycles. The molecule has 0 saturated carbocycles. The van der Waals surface area contributed by atoms with Gasteiger partial charge in [0.15, 0.2) is 0 Å². The van der Waals surface area contributed by atoms with E-state index in [1.165, 1.54) is 0 Å². The summed E-state index contributed by atoms with van der Waals surface area (Å²) in [6.45, 7) is 1.83. The average Bonchev–Trinajstić information content (AvgIpc) is 2.17. The van der Waals surface area contributed by atoms with E-state index in [2.05, 4.69) is 18.1 Å². The number of rotatable bonds is 1. The predicted molar refractivity (Wildman–Crippen MR) is 38.4 cm³/mol. The minimum absolute atomic E-state index is 0.268. The summed E-state index contributed by atoms with van der Waals surface area (Å²) in [5.41, 5.74) is 0. The summed E-state index contributed by atoms with van der Waals surface area (Å²) >= 11 is 3.67. The lowest BCUT2D eigenvalue weighted by Gasteiger charge is -2.01. The van der Waals surface area contributed by atoms with E-state index in [9.17, 15) is 9.59 Å². The Hall–Kier alpha value is -0.710. The molecule has 1 fully saturated rings. The number of carbonyl (C=O) groups excluding carboxylic acids is 2. The van der Waals surface area contributed by atoms with Crippen molar-refractivity contribution in [2.24, 2.45) is 0 Å². The number of hydrogen-bond acceptors (Lipinski definition) is 3. The van der Waals surface area contributed by atoms with Crippen LogP contribution < -0.4 is 5.32 Å². The van der Waals surface area contributed by atoms with Gasteiger partial charge >= 0.3 is 6.03 Å². The molecule has 0 aromatic rings. The highest BCUT2D eigenvalue weighted by Crippen LogP contribution is 2.09. The zero-order valence-electron chi connectivity index (χ0n) is 5.50. The van der Waals surface area contributed by atoms with Crippen molar-refractivity contribution in [1.29, 1.82) is 0 Å². The summed E-state index contributed by atoms with van der Waals surface area (Å²) in [6, 6.07) is -0.801. The molecule has 0 unspecified atom stereocenters. The lowest BCUT2D eigenvalue weighted by atomic mass is 10.2. The molecule has 0 radical (unpaired) electrons. The maximum atomic E-state index is 10.9. The van der Waals surface area contributed by atoms with Crippen LogP contribution in [0.15, 0.2) is 0 Å². The lowest BCUT2D eigenvalue weighted by Crippen LogP contribution is -2.27. The molecule has 1 N–H and O–H groups in total. The van der Waals surface area contributed by atoms with Crippen molar-refractivity contribution in [3.05, 3.63) is 0 Å². The molecule has 1 saturated heterocycles. The molecule has 3 amide bonds. The lowest BCUT2D eigenvalue weighted by molar-refractivity contribution is -0.123. The highest BCUT2D eigenvalue weighted by molar-refractivity contribution is 7.79. The Morgan fingerprint density at radius 3 is 2.50 bits per heavy atom. The molecule has 56 valence electrons. The quantitative estimate of drug-likeness (QED) is 0.424.